The molecule has 3 rings (SSSR count). The number of hydrogen-bond acceptors (Lipinski definition) is 4. The van der Waals surface area contributed by atoms with E-state index in [9.17, 15) is 14.0 Å². The van der Waals surface area contributed by atoms with Gasteiger partial charge in [-0.25, -0.2) is 9.37 Å². The van der Waals surface area contributed by atoms with Crippen LogP contribution in [-0.2, 0) is 0 Å². The number of hydrogen-bond donors (Lipinski definition) is 1. The second-order valence-corrected chi connectivity index (χ2v) is 6.95. The number of fused-ring (bicyclic) bond motifs is 1. The van der Waals surface area contributed by atoms with Crippen LogP contribution < -0.4 is 10.9 Å². The molecule has 0 fully saturated rings. The first kappa shape index (κ1) is 16.3. The van der Waals surface area contributed by atoms with Gasteiger partial charge in [-0.2, -0.15) is 0 Å². The number of aromatic nitrogens is 2. The Kier molecular flexibility index (Phi) is 4.19. The number of nitrogens with one attached hydrogen (secondary N) is 1. The maximum absolute atomic E-state index is 13.3. The molecule has 0 saturated heterocycles. The zero-order chi connectivity index (χ0) is 17.4. The first-order valence-electron chi connectivity index (χ1n) is 7.45. The van der Waals surface area contributed by atoms with Crippen molar-refractivity contribution < 1.29 is 9.18 Å². The number of amides is 1. The summed E-state index contributed by atoms with van der Waals surface area (Å²) in [5.41, 5.74) is 0.933. The molecule has 0 radical (unpaired) electrons. The molecule has 0 unspecified atom stereocenters. The predicted octanol–water partition coefficient (Wildman–Crippen LogP) is 3.74. The van der Waals surface area contributed by atoms with Gasteiger partial charge in [0.1, 0.15) is 16.0 Å². The lowest BCUT2D eigenvalue weighted by atomic mass is 10.2. The van der Waals surface area contributed by atoms with Gasteiger partial charge >= 0.3 is 0 Å². The van der Waals surface area contributed by atoms with Gasteiger partial charge in [0.2, 0.25) is 0 Å². The van der Waals surface area contributed by atoms with Gasteiger partial charge in [0.15, 0.2) is 0 Å². The molecular formula is C17H16FN3O2S. The molecule has 5 nitrogen and oxygen atoms in total. The van der Waals surface area contributed by atoms with Gasteiger partial charge in [0.05, 0.1) is 11.9 Å². The number of rotatable bonds is 3. The van der Waals surface area contributed by atoms with E-state index in [-0.39, 0.29) is 11.6 Å². The summed E-state index contributed by atoms with van der Waals surface area (Å²) in [6, 6.07) is 5.65. The van der Waals surface area contributed by atoms with Crippen LogP contribution in [-0.4, -0.2) is 15.5 Å². The van der Waals surface area contributed by atoms with Crippen LogP contribution in [0.4, 0.5) is 10.1 Å². The second-order valence-electron chi connectivity index (χ2n) is 5.73. The standard InChI is InChI=1S/C17H16FN3O2S/c1-9(2)21-8-19-14-13(10(3)24-15(14)17(21)23)16(22)20-12-6-4-5-11(18)7-12/h4-9H,1-3H3,(H,20,22). The summed E-state index contributed by atoms with van der Waals surface area (Å²) >= 11 is 1.25. The highest BCUT2D eigenvalue weighted by Gasteiger charge is 2.21. The number of thiophene rings is 1. The summed E-state index contributed by atoms with van der Waals surface area (Å²) in [4.78, 5) is 30.1. The lowest BCUT2D eigenvalue weighted by molar-refractivity contribution is 0.102. The molecule has 1 aromatic carbocycles. The highest BCUT2D eigenvalue weighted by Crippen LogP contribution is 2.28. The summed E-state index contributed by atoms with van der Waals surface area (Å²) in [6.07, 6.45) is 1.46. The molecule has 0 saturated carbocycles. The van der Waals surface area contributed by atoms with Crippen LogP contribution in [0.3, 0.4) is 0 Å². The Balaban J connectivity index is 2.06. The third kappa shape index (κ3) is 2.82. The van der Waals surface area contributed by atoms with E-state index >= 15 is 0 Å². The maximum Gasteiger partial charge on any atom is 0.271 e. The van der Waals surface area contributed by atoms with Gasteiger partial charge in [-0.05, 0) is 39.0 Å². The zero-order valence-corrected chi connectivity index (χ0v) is 14.3. The molecule has 7 heteroatoms. The molecule has 0 aliphatic rings. The van der Waals surface area contributed by atoms with Crippen LogP contribution in [0.25, 0.3) is 10.2 Å². The first-order valence-corrected chi connectivity index (χ1v) is 8.27. The quantitative estimate of drug-likeness (QED) is 0.786. The first-order chi connectivity index (χ1) is 11.4. The average molecular weight is 345 g/mol. The minimum absolute atomic E-state index is 0.0126. The fourth-order valence-electron chi connectivity index (χ4n) is 2.49. The summed E-state index contributed by atoms with van der Waals surface area (Å²) in [7, 11) is 0. The molecule has 0 bridgehead atoms. The highest BCUT2D eigenvalue weighted by molar-refractivity contribution is 7.19. The molecule has 24 heavy (non-hydrogen) atoms. The van der Waals surface area contributed by atoms with Crippen LogP contribution >= 0.6 is 11.3 Å². The summed E-state index contributed by atoms with van der Waals surface area (Å²) < 4.78 is 15.2. The van der Waals surface area contributed by atoms with E-state index in [2.05, 4.69) is 10.3 Å². The van der Waals surface area contributed by atoms with Crippen LogP contribution in [0.2, 0.25) is 0 Å². The van der Waals surface area contributed by atoms with E-state index in [1.807, 2.05) is 13.8 Å². The topological polar surface area (TPSA) is 64.0 Å². The Labute approximate surface area is 141 Å². The molecule has 2 aromatic heterocycles. The molecule has 1 amide bonds. The smallest absolute Gasteiger partial charge is 0.271 e. The Morgan fingerprint density at radius 1 is 1.38 bits per heavy atom. The van der Waals surface area contributed by atoms with Crippen LogP contribution in [0.5, 0.6) is 0 Å². The minimum atomic E-state index is -0.433. The molecular weight excluding hydrogens is 329 g/mol. The Bertz CT molecular complexity index is 991. The zero-order valence-electron chi connectivity index (χ0n) is 13.5. The summed E-state index contributed by atoms with van der Waals surface area (Å²) in [5, 5.41) is 2.65. The van der Waals surface area contributed by atoms with Gasteiger partial charge in [-0.3, -0.25) is 14.2 Å². The molecule has 0 spiro atoms. The molecule has 124 valence electrons. The van der Waals surface area contributed by atoms with E-state index in [0.29, 0.717) is 26.3 Å². The van der Waals surface area contributed by atoms with E-state index in [4.69, 9.17) is 0 Å². The van der Waals surface area contributed by atoms with Crippen molar-refractivity contribution in [2.24, 2.45) is 0 Å². The number of benzene rings is 1. The Hall–Kier alpha value is -2.54. The van der Waals surface area contributed by atoms with Crippen molar-refractivity contribution in [3.05, 3.63) is 57.2 Å². The lowest BCUT2D eigenvalue weighted by Crippen LogP contribution is -2.22. The van der Waals surface area contributed by atoms with Crippen LogP contribution in [0.15, 0.2) is 35.4 Å². The van der Waals surface area contributed by atoms with Gasteiger partial charge in [0, 0.05) is 16.6 Å². The maximum atomic E-state index is 13.3. The average Bonchev–Trinajstić information content (AvgIpc) is 2.84. The summed E-state index contributed by atoms with van der Waals surface area (Å²) in [5.74, 6) is -0.837. The molecule has 0 atom stereocenters. The number of carbonyl (C=O) groups excluding carboxylic acids is 1. The summed E-state index contributed by atoms with van der Waals surface area (Å²) in [6.45, 7) is 5.56. The van der Waals surface area contributed by atoms with Crippen molar-refractivity contribution in [1.29, 1.82) is 0 Å². The third-order valence-corrected chi connectivity index (χ3v) is 4.75. The Morgan fingerprint density at radius 3 is 2.79 bits per heavy atom. The number of halogens is 1. The number of anilines is 1. The predicted molar refractivity (Wildman–Crippen MR) is 93.4 cm³/mol. The van der Waals surface area contributed by atoms with Crippen molar-refractivity contribution in [1.82, 2.24) is 9.55 Å². The molecule has 3 aromatic rings. The van der Waals surface area contributed by atoms with E-state index in [1.54, 1.807) is 13.0 Å². The van der Waals surface area contributed by atoms with Gasteiger partial charge in [0.25, 0.3) is 11.5 Å². The van der Waals surface area contributed by atoms with Crippen molar-refractivity contribution in [2.45, 2.75) is 26.8 Å². The van der Waals surface area contributed by atoms with E-state index < -0.39 is 11.7 Å². The van der Waals surface area contributed by atoms with Crippen molar-refractivity contribution in [3.8, 4) is 0 Å². The minimum Gasteiger partial charge on any atom is -0.322 e. The number of nitrogens with zero attached hydrogens (tertiary/aromatic N) is 2. The molecule has 1 N–H and O–H groups in total. The second kappa shape index (κ2) is 6.16. The molecule has 2 heterocycles. The molecule has 0 aliphatic carbocycles. The van der Waals surface area contributed by atoms with Crippen LogP contribution in [0.1, 0.15) is 35.1 Å². The largest absolute Gasteiger partial charge is 0.322 e. The fourth-order valence-corrected chi connectivity index (χ4v) is 3.53. The fraction of sp³-hybridized carbons (Fsp3) is 0.235. The Morgan fingerprint density at radius 2 is 2.12 bits per heavy atom. The van der Waals surface area contributed by atoms with Gasteiger partial charge < -0.3 is 5.32 Å². The SMILES string of the molecule is Cc1sc2c(=O)n(C(C)C)cnc2c1C(=O)Nc1cccc(F)c1. The molecule has 0 aliphatic heterocycles. The van der Waals surface area contributed by atoms with Crippen LogP contribution in [0, 0.1) is 12.7 Å². The lowest BCUT2D eigenvalue weighted by Gasteiger charge is -2.08. The van der Waals surface area contributed by atoms with E-state index in [0.717, 1.165) is 0 Å². The van der Waals surface area contributed by atoms with Gasteiger partial charge in [-0.1, -0.05) is 6.07 Å². The van der Waals surface area contributed by atoms with Gasteiger partial charge in [-0.15, -0.1) is 11.3 Å². The van der Waals surface area contributed by atoms with E-state index in [1.165, 1.54) is 40.4 Å². The van der Waals surface area contributed by atoms with Crippen molar-refractivity contribution in [2.75, 3.05) is 5.32 Å². The highest BCUT2D eigenvalue weighted by atomic mass is 32.1. The number of aryl methyl sites for hydroxylation is 1. The number of carbonyl (C=O) groups is 1. The van der Waals surface area contributed by atoms with Crippen molar-refractivity contribution in [3.63, 3.8) is 0 Å². The van der Waals surface area contributed by atoms with Crippen molar-refractivity contribution >= 4 is 33.1 Å². The monoisotopic (exact) mass is 345 g/mol. The normalized spacial score (nSPS) is 11.2. The third-order valence-electron chi connectivity index (χ3n) is 3.66.